The minimum atomic E-state index is 0.276. The van der Waals surface area contributed by atoms with Gasteiger partial charge in [-0.15, -0.1) is 0 Å². The Morgan fingerprint density at radius 3 is 3.05 bits per heavy atom. The number of aryl methyl sites for hydroxylation is 2. The SMILES string of the molecule is CCC(N)Cc1ccn(CCc2ccc3c(c2)CCO3)c1. The van der Waals surface area contributed by atoms with Crippen molar-refractivity contribution in [2.45, 2.75) is 45.2 Å². The van der Waals surface area contributed by atoms with Gasteiger partial charge in [0.15, 0.2) is 0 Å². The summed E-state index contributed by atoms with van der Waals surface area (Å²) in [5, 5.41) is 0. The summed E-state index contributed by atoms with van der Waals surface area (Å²) in [6.45, 7) is 3.98. The summed E-state index contributed by atoms with van der Waals surface area (Å²) in [5.41, 5.74) is 10.1. The van der Waals surface area contributed by atoms with Crippen LogP contribution < -0.4 is 10.5 Å². The van der Waals surface area contributed by atoms with Gasteiger partial charge in [0.2, 0.25) is 0 Å². The van der Waals surface area contributed by atoms with Crippen molar-refractivity contribution in [3.05, 3.63) is 53.3 Å². The first kappa shape index (κ1) is 14.2. The number of ether oxygens (including phenoxy) is 1. The van der Waals surface area contributed by atoms with Crippen LogP contribution in [0.15, 0.2) is 36.7 Å². The lowest BCUT2D eigenvalue weighted by Gasteiger charge is -2.07. The molecule has 1 aromatic heterocycles. The molecule has 0 spiro atoms. The first-order chi connectivity index (χ1) is 10.2. The van der Waals surface area contributed by atoms with Crippen LogP contribution in [0.4, 0.5) is 0 Å². The van der Waals surface area contributed by atoms with E-state index in [1.807, 2.05) is 0 Å². The number of benzene rings is 1. The molecule has 2 heterocycles. The Bertz CT molecular complexity index is 603. The lowest BCUT2D eigenvalue weighted by atomic mass is 10.1. The van der Waals surface area contributed by atoms with Crippen molar-refractivity contribution in [2.75, 3.05) is 6.61 Å². The largest absolute Gasteiger partial charge is 0.493 e. The van der Waals surface area contributed by atoms with Gasteiger partial charge in [-0.05, 0) is 48.1 Å². The average Bonchev–Trinajstić information content (AvgIpc) is 3.13. The maximum absolute atomic E-state index is 6.01. The van der Waals surface area contributed by atoms with Crippen LogP contribution in [0.3, 0.4) is 0 Å². The molecular weight excluding hydrogens is 260 g/mol. The Labute approximate surface area is 126 Å². The van der Waals surface area contributed by atoms with Crippen molar-refractivity contribution in [1.29, 1.82) is 0 Å². The van der Waals surface area contributed by atoms with Gasteiger partial charge >= 0.3 is 0 Å². The highest BCUT2D eigenvalue weighted by Crippen LogP contribution is 2.26. The monoisotopic (exact) mass is 284 g/mol. The van der Waals surface area contributed by atoms with E-state index in [-0.39, 0.29) is 6.04 Å². The van der Waals surface area contributed by atoms with Crippen LogP contribution in [0.1, 0.15) is 30.0 Å². The molecule has 0 bridgehead atoms. The Hall–Kier alpha value is -1.74. The van der Waals surface area contributed by atoms with E-state index in [0.717, 1.165) is 44.6 Å². The Balaban J connectivity index is 1.57. The van der Waals surface area contributed by atoms with Gasteiger partial charge in [0.1, 0.15) is 5.75 Å². The molecule has 0 radical (unpaired) electrons. The second kappa shape index (κ2) is 6.35. The van der Waals surface area contributed by atoms with Crippen molar-refractivity contribution in [1.82, 2.24) is 4.57 Å². The van der Waals surface area contributed by atoms with Gasteiger partial charge in [-0.1, -0.05) is 19.1 Å². The zero-order valence-electron chi connectivity index (χ0n) is 12.7. The molecule has 1 unspecified atom stereocenters. The fourth-order valence-corrected chi connectivity index (χ4v) is 2.85. The zero-order valence-corrected chi connectivity index (χ0v) is 12.7. The minimum absolute atomic E-state index is 0.276. The maximum Gasteiger partial charge on any atom is 0.122 e. The van der Waals surface area contributed by atoms with E-state index in [4.69, 9.17) is 10.5 Å². The van der Waals surface area contributed by atoms with Crippen LogP contribution in [0.5, 0.6) is 5.75 Å². The summed E-state index contributed by atoms with van der Waals surface area (Å²) in [7, 11) is 0. The molecule has 3 nitrogen and oxygen atoms in total. The third-order valence-corrected chi connectivity index (χ3v) is 4.25. The van der Waals surface area contributed by atoms with E-state index in [1.54, 1.807) is 0 Å². The molecule has 1 aliphatic heterocycles. The van der Waals surface area contributed by atoms with Crippen molar-refractivity contribution in [3.8, 4) is 5.75 Å². The quantitative estimate of drug-likeness (QED) is 0.886. The topological polar surface area (TPSA) is 40.2 Å². The predicted molar refractivity (Wildman–Crippen MR) is 85.7 cm³/mol. The number of hydrogen-bond donors (Lipinski definition) is 1. The number of hydrogen-bond acceptors (Lipinski definition) is 2. The van der Waals surface area contributed by atoms with E-state index >= 15 is 0 Å². The Morgan fingerprint density at radius 2 is 2.19 bits per heavy atom. The van der Waals surface area contributed by atoms with Crippen LogP contribution in [0.25, 0.3) is 0 Å². The average molecular weight is 284 g/mol. The minimum Gasteiger partial charge on any atom is -0.493 e. The summed E-state index contributed by atoms with van der Waals surface area (Å²) in [4.78, 5) is 0. The number of fused-ring (bicyclic) bond motifs is 1. The van der Waals surface area contributed by atoms with Gasteiger partial charge in [-0.25, -0.2) is 0 Å². The molecule has 21 heavy (non-hydrogen) atoms. The highest BCUT2D eigenvalue weighted by Gasteiger charge is 2.11. The van der Waals surface area contributed by atoms with Crippen LogP contribution in [0.2, 0.25) is 0 Å². The van der Waals surface area contributed by atoms with E-state index in [2.05, 4.69) is 48.1 Å². The van der Waals surface area contributed by atoms with Crippen molar-refractivity contribution >= 4 is 0 Å². The molecule has 1 aromatic carbocycles. The fourth-order valence-electron chi connectivity index (χ4n) is 2.85. The zero-order chi connectivity index (χ0) is 14.7. The Kier molecular flexibility index (Phi) is 4.30. The van der Waals surface area contributed by atoms with Gasteiger partial charge < -0.3 is 15.0 Å². The molecule has 3 heteroatoms. The lowest BCUT2D eigenvalue weighted by Crippen LogP contribution is -2.21. The van der Waals surface area contributed by atoms with E-state index in [1.165, 1.54) is 16.7 Å². The highest BCUT2D eigenvalue weighted by atomic mass is 16.5. The van der Waals surface area contributed by atoms with E-state index in [9.17, 15) is 0 Å². The first-order valence-electron chi connectivity index (χ1n) is 7.89. The molecule has 1 aliphatic rings. The van der Waals surface area contributed by atoms with Gasteiger partial charge in [-0.3, -0.25) is 0 Å². The Morgan fingerprint density at radius 1 is 1.29 bits per heavy atom. The summed E-state index contributed by atoms with van der Waals surface area (Å²) in [6.07, 6.45) is 8.50. The molecule has 2 aromatic rings. The highest BCUT2D eigenvalue weighted by molar-refractivity contribution is 5.39. The van der Waals surface area contributed by atoms with Gasteiger partial charge in [0.25, 0.3) is 0 Å². The molecular formula is C18H24N2O. The second-order valence-electron chi connectivity index (χ2n) is 5.92. The van der Waals surface area contributed by atoms with Crippen molar-refractivity contribution < 1.29 is 4.74 Å². The predicted octanol–water partition coefficient (Wildman–Crippen LogP) is 2.95. The maximum atomic E-state index is 6.01. The van der Waals surface area contributed by atoms with Crippen molar-refractivity contribution in [2.24, 2.45) is 5.73 Å². The number of nitrogens with zero attached hydrogens (tertiary/aromatic N) is 1. The van der Waals surface area contributed by atoms with Gasteiger partial charge in [0, 0.05) is 31.4 Å². The third kappa shape index (κ3) is 3.48. The smallest absolute Gasteiger partial charge is 0.122 e. The van der Waals surface area contributed by atoms with Crippen LogP contribution >= 0.6 is 0 Å². The van der Waals surface area contributed by atoms with Gasteiger partial charge in [-0.2, -0.15) is 0 Å². The molecule has 0 saturated heterocycles. The summed E-state index contributed by atoms with van der Waals surface area (Å²) in [6, 6.07) is 9.05. The number of rotatable bonds is 6. The molecule has 0 amide bonds. The molecule has 0 fully saturated rings. The number of nitrogens with two attached hydrogens (primary N) is 1. The first-order valence-corrected chi connectivity index (χ1v) is 7.89. The standard InChI is InChI=1S/C18H24N2O/c1-2-17(19)12-15-6-9-20(13-15)8-5-14-3-4-18-16(11-14)7-10-21-18/h3-4,6,9,11,13,17H,2,5,7-8,10,12,19H2,1H3. The summed E-state index contributed by atoms with van der Waals surface area (Å²) < 4.78 is 7.82. The van der Waals surface area contributed by atoms with E-state index < -0.39 is 0 Å². The van der Waals surface area contributed by atoms with Crippen LogP contribution in [0, 0.1) is 0 Å². The van der Waals surface area contributed by atoms with Crippen LogP contribution in [-0.4, -0.2) is 17.2 Å². The summed E-state index contributed by atoms with van der Waals surface area (Å²) >= 11 is 0. The number of aromatic nitrogens is 1. The fraction of sp³-hybridized carbons (Fsp3) is 0.444. The second-order valence-corrected chi connectivity index (χ2v) is 5.92. The summed E-state index contributed by atoms with van der Waals surface area (Å²) in [5.74, 6) is 1.07. The normalized spacial score (nSPS) is 14.8. The third-order valence-electron chi connectivity index (χ3n) is 4.25. The molecule has 2 N–H and O–H groups in total. The molecule has 3 rings (SSSR count). The molecule has 1 atom stereocenters. The lowest BCUT2D eigenvalue weighted by molar-refractivity contribution is 0.357. The molecule has 0 saturated carbocycles. The molecule has 0 aliphatic carbocycles. The van der Waals surface area contributed by atoms with E-state index in [0.29, 0.717) is 0 Å². The van der Waals surface area contributed by atoms with Crippen molar-refractivity contribution in [3.63, 3.8) is 0 Å². The van der Waals surface area contributed by atoms with Gasteiger partial charge in [0.05, 0.1) is 6.61 Å². The van der Waals surface area contributed by atoms with Crippen LogP contribution in [-0.2, 0) is 25.8 Å². The molecule has 112 valence electrons.